The van der Waals surface area contributed by atoms with Crippen molar-refractivity contribution in [1.82, 2.24) is 30.3 Å². The number of allylic oxidation sites excluding steroid dienone is 1. The zero-order valence-electron chi connectivity index (χ0n) is 39.9. The number of fused-ring (bicyclic) bond motifs is 1. The molecule has 0 aliphatic carbocycles. The Morgan fingerprint density at radius 3 is 2.39 bits per heavy atom. The maximum absolute atomic E-state index is 14.0. The second kappa shape index (κ2) is 22.6. The highest BCUT2D eigenvalue weighted by Gasteiger charge is 2.40. The number of rotatable bonds is 21. The summed E-state index contributed by atoms with van der Waals surface area (Å²) in [4.78, 5) is 75.7. The number of benzene rings is 3. The molecular weight excluding hydrogens is 847 g/mol. The summed E-state index contributed by atoms with van der Waals surface area (Å²) in [7, 11) is 0. The minimum atomic E-state index is -0.364. The van der Waals surface area contributed by atoms with Crippen LogP contribution in [0.4, 0.5) is 5.69 Å². The summed E-state index contributed by atoms with van der Waals surface area (Å²) in [6.07, 6.45) is 5.15. The van der Waals surface area contributed by atoms with Gasteiger partial charge in [-0.2, -0.15) is 0 Å². The van der Waals surface area contributed by atoms with Gasteiger partial charge in [0.25, 0.3) is 23.3 Å². The lowest BCUT2D eigenvalue weighted by Crippen LogP contribution is -2.46. The number of amides is 4. The zero-order valence-corrected chi connectivity index (χ0v) is 39.9. The maximum Gasteiger partial charge on any atom is 0.265 e. The van der Waals surface area contributed by atoms with E-state index >= 15 is 0 Å². The van der Waals surface area contributed by atoms with Crippen LogP contribution in [0.3, 0.4) is 0 Å². The highest BCUT2D eigenvalue weighted by atomic mass is 16.5. The first-order valence-corrected chi connectivity index (χ1v) is 23.9. The molecule has 4 heterocycles. The fourth-order valence-corrected chi connectivity index (χ4v) is 9.70. The van der Waals surface area contributed by atoms with Gasteiger partial charge in [-0.3, -0.25) is 33.8 Å². The number of unbranched alkanes of at least 4 members (excludes halogenated alkanes) is 1. The number of ether oxygens (including phenoxy) is 2. The monoisotopic (exact) mass is 914 g/mol. The molecule has 1 atom stereocenters. The molecule has 1 unspecified atom stereocenters. The number of aryl methyl sites for hydroxylation is 2. The molecule has 2 saturated heterocycles. The first-order valence-electron chi connectivity index (χ1n) is 23.9. The van der Waals surface area contributed by atoms with Gasteiger partial charge in [0, 0.05) is 99.3 Å². The molecule has 0 saturated carbocycles. The number of nitrogens with one attached hydrogen (secondary N) is 3. The van der Waals surface area contributed by atoms with Crippen LogP contribution in [-0.4, -0.2) is 115 Å². The molecule has 0 spiro atoms. The molecule has 356 valence electrons. The first kappa shape index (κ1) is 48.8. The molecule has 7 rings (SSSR count). The van der Waals surface area contributed by atoms with E-state index in [0.717, 1.165) is 118 Å². The van der Waals surface area contributed by atoms with Gasteiger partial charge in [-0.15, -0.1) is 0 Å². The van der Waals surface area contributed by atoms with Crippen molar-refractivity contribution in [3.8, 4) is 16.9 Å². The molecular formula is C53H67N7O7. The highest BCUT2D eigenvalue weighted by molar-refractivity contribution is 6.22. The Hall–Kier alpha value is -6.09. The minimum Gasteiger partial charge on any atom is -0.493 e. The summed E-state index contributed by atoms with van der Waals surface area (Å²) in [6.45, 7) is 22.1. The maximum atomic E-state index is 14.0. The Bertz CT molecular complexity index is 2490. The van der Waals surface area contributed by atoms with E-state index in [1.54, 1.807) is 18.2 Å². The van der Waals surface area contributed by atoms with Crippen LogP contribution < -0.4 is 25.8 Å². The second-order valence-electron chi connectivity index (χ2n) is 18.2. The predicted molar refractivity (Wildman–Crippen MR) is 262 cm³/mol. The highest BCUT2D eigenvalue weighted by Crippen LogP contribution is 2.35. The lowest BCUT2D eigenvalue weighted by Gasteiger charge is -2.37. The van der Waals surface area contributed by atoms with E-state index in [9.17, 15) is 24.0 Å². The SMILES string of the molecule is C=C(CCC(C)N1C(=O)c2cccc(OCCCCN3CCN(Cc4ccc(-c5cc(C(=O)NCc6c(C)cc(C)[nH]c6=O)c(C)c(N(CC)C6CCOCC6)c5)cc4)CC3)c2C1=O)NC=O. The van der Waals surface area contributed by atoms with Gasteiger partial charge in [0.05, 0.1) is 17.7 Å². The van der Waals surface area contributed by atoms with Gasteiger partial charge in [0.15, 0.2) is 0 Å². The summed E-state index contributed by atoms with van der Waals surface area (Å²) in [5.74, 6) is -0.445. The number of H-pyrrole nitrogens is 1. The van der Waals surface area contributed by atoms with E-state index in [0.29, 0.717) is 65.6 Å². The lowest BCUT2D eigenvalue weighted by molar-refractivity contribution is -0.109. The molecule has 1 aromatic heterocycles. The van der Waals surface area contributed by atoms with E-state index < -0.39 is 0 Å². The molecule has 14 nitrogen and oxygen atoms in total. The van der Waals surface area contributed by atoms with Gasteiger partial charge in [-0.1, -0.05) is 36.9 Å². The van der Waals surface area contributed by atoms with Crippen molar-refractivity contribution in [1.29, 1.82) is 0 Å². The third-order valence-corrected chi connectivity index (χ3v) is 13.6. The Morgan fingerprint density at radius 1 is 0.955 bits per heavy atom. The number of aromatic nitrogens is 1. The van der Waals surface area contributed by atoms with Crippen LogP contribution in [0.1, 0.15) is 111 Å². The summed E-state index contributed by atoms with van der Waals surface area (Å²) in [5, 5.41) is 5.59. The molecule has 14 heteroatoms. The molecule has 0 radical (unpaired) electrons. The number of pyridine rings is 1. The fraction of sp³-hybridized carbons (Fsp3) is 0.453. The molecule has 3 aromatic carbocycles. The second-order valence-corrected chi connectivity index (χ2v) is 18.2. The summed E-state index contributed by atoms with van der Waals surface area (Å²) >= 11 is 0. The number of piperazine rings is 1. The van der Waals surface area contributed by atoms with Crippen molar-refractivity contribution in [2.45, 2.75) is 98.3 Å². The van der Waals surface area contributed by atoms with Gasteiger partial charge in [0.2, 0.25) is 6.41 Å². The normalized spacial score (nSPS) is 16.2. The third kappa shape index (κ3) is 11.7. The molecule has 4 amide bonds. The minimum absolute atomic E-state index is 0.142. The Balaban J connectivity index is 0.914. The number of carbonyl (C=O) groups excluding carboxylic acids is 4. The lowest BCUT2D eigenvalue weighted by atomic mass is 9.94. The van der Waals surface area contributed by atoms with Gasteiger partial charge in [-0.05, 0) is 138 Å². The van der Waals surface area contributed by atoms with Crippen molar-refractivity contribution < 1.29 is 28.7 Å². The van der Waals surface area contributed by atoms with E-state index in [2.05, 4.69) is 74.2 Å². The van der Waals surface area contributed by atoms with Crippen molar-refractivity contribution in [2.24, 2.45) is 0 Å². The third-order valence-electron chi connectivity index (χ3n) is 13.6. The standard InChI is InChI=1S/C53H67N7O7/c1-7-59(43-19-27-66-28-20-43)47-31-42(30-45(39(47)6)50(62)54-32-46-35(2)29-37(4)56-51(46)63)41-17-15-40(16-18-41)33-58-24-22-57(23-25-58)21-8-9-26-67-48-12-10-11-44-49(48)53(65)60(52(44)64)38(5)14-13-36(3)55-34-61/h10-12,15-18,29-31,34,38,43H,3,7-9,13-14,19-28,32-33H2,1-2,4-6H3,(H,54,62)(H,55,61)(H,56,63). The Morgan fingerprint density at radius 2 is 1.69 bits per heavy atom. The number of imide groups is 1. The van der Waals surface area contributed by atoms with Gasteiger partial charge in [0.1, 0.15) is 5.75 Å². The van der Waals surface area contributed by atoms with Crippen LogP contribution in [0, 0.1) is 20.8 Å². The van der Waals surface area contributed by atoms with Crippen molar-refractivity contribution in [3.63, 3.8) is 0 Å². The number of carbonyl (C=O) groups is 4. The van der Waals surface area contributed by atoms with E-state index in [1.165, 1.54) is 10.5 Å². The predicted octanol–water partition coefficient (Wildman–Crippen LogP) is 6.90. The molecule has 3 aliphatic heterocycles. The average Bonchev–Trinajstić information content (AvgIpc) is 3.58. The van der Waals surface area contributed by atoms with Crippen LogP contribution >= 0.6 is 0 Å². The molecule has 2 fully saturated rings. The Labute approximate surface area is 394 Å². The van der Waals surface area contributed by atoms with Crippen LogP contribution in [0.5, 0.6) is 5.75 Å². The summed E-state index contributed by atoms with van der Waals surface area (Å²) < 4.78 is 11.8. The smallest absolute Gasteiger partial charge is 0.265 e. The van der Waals surface area contributed by atoms with Gasteiger partial charge >= 0.3 is 0 Å². The number of hydrogen-bond acceptors (Lipinski definition) is 10. The van der Waals surface area contributed by atoms with E-state index in [4.69, 9.17) is 9.47 Å². The number of hydrogen-bond donors (Lipinski definition) is 3. The Kier molecular flexibility index (Phi) is 16.5. The zero-order chi connectivity index (χ0) is 47.6. The summed E-state index contributed by atoms with van der Waals surface area (Å²) in [6, 6.07) is 20.0. The van der Waals surface area contributed by atoms with Crippen molar-refractivity contribution >= 4 is 29.8 Å². The first-order chi connectivity index (χ1) is 32.4. The summed E-state index contributed by atoms with van der Waals surface area (Å²) in [5.41, 5.74) is 9.06. The van der Waals surface area contributed by atoms with Crippen LogP contribution in [-0.2, 0) is 22.6 Å². The topological polar surface area (TPSA) is 157 Å². The van der Waals surface area contributed by atoms with Crippen LogP contribution in [0.15, 0.2) is 77.7 Å². The molecule has 3 aliphatic rings. The van der Waals surface area contributed by atoms with Crippen LogP contribution in [0.2, 0.25) is 0 Å². The van der Waals surface area contributed by atoms with Crippen LogP contribution in [0.25, 0.3) is 11.1 Å². The fourth-order valence-electron chi connectivity index (χ4n) is 9.70. The van der Waals surface area contributed by atoms with Crippen molar-refractivity contribution in [3.05, 3.63) is 128 Å². The van der Waals surface area contributed by atoms with Crippen molar-refractivity contribution in [2.75, 3.05) is 64.0 Å². The number of aromatic amines is 1. The quantitative estimate of drug-likeness (QED) is 0.0457. The largest absolute Gasteiger partial charge is 0.493 e. The molecule has 0 bridgehead atoms. The van der Waals surface area contributed by atoms with Gasteiger partial charge in [-0.25, -0.2) is 0 Å². The van der Waals surface area contributed by atoms with E-state index in [1.807, 2.05) is 39.8 Å². The average molecular weight is 914 g/mol. The van der Waals surface area contributed by atoms with Gasteiger partial charge < -0.3 is 34.9 Å². The van der Waals surface area contributed by atoms with E-state index in [-0.39, 0.29) is 35.9 Å². The molecule has 4 aromatic rings. The number of nitrogens with zero attached hydrogens (tertiary/aromatic N) is 4. The molecule has 67 heavy (non-hydrogen) atoms. The molecule has 3 N–H and O–H groups in total. The number of anilines is 1.